The summed E-state index contributed by atoms with van der Waals surface area (Å²) in [5.41, 5.74) is 0. The molecule has 1 heterocycles. The molecular formula is C13H24N2O3. The van der Waals surface area contributed by atoms with E-state index in [0.717, 1.165) is 19.4 Å². The molecule has 0 saturated carbocycles. The summed E-state index contributed by atoms with van der Waals surface area (Å²) in [5.74, 6) is -0.887. The second-order valence-corrected chi connectivity index (χ2v) is 5.57. The smallest absolute Gasteiger partial charge is 0.308 e. The number of carbonyl (C=O) groups excluding carboxylic acids is 1. The van der Waals surface area contributed by atoms with Crippen molar-refractivity contribution in [3.63, 3.8) is 0 Å². The highest BCUT2D eigenvalue weighted by Gasteiger charge is 2.27. The van der Waals surface area contributed by atoms with Gasteiger partial charge in [0.25, 0.3) is 0 Å². The third-order valence-electron chi connectivity index (χ3n) is 3.60. The summed E-state index contributed by atoms with van der Waals surface area (Å²) < 4.78 is 0. The van der Waals surface area contributed by atoms with Crippen LogP contribution in [-0.2, 0) is 9.59 Å². The van der Waals surface area contributed by atoms with Crippen molar-refractivity contribution in [3.05, 3.63) is 0 Å². The lowest BCUT2D eigenvalue weighted by Gasteiger charge is -2.28. The maximum atomic E-state index is 11.9. The average Bonchev–Trinajstić information content (AvgIpc) is 2.28. The average molecular weight is 256 g/mol. The molecule has 5 nitrogen and oxygen atoms in total. The molecule has 3 N–H and O–H groups in total. The largest absolute Gasteiger partial charge is 0.481 e. The predicted molar refractivity (Wildman–Crippen MR) is 69.2 cm³/mol. The summed E-state index contributed by atoms with van der Waals surface area (Å²) in [4.78, 5) is 22.9. The van der Waals surface area contributed by atoms with E-state index in [1.807, 2.05) is 13.8 Å². The van der Waals surface area contributed by atoms with E-state index in [1.165, 1.54) is 0 Å². The Bertz CT molecular complexity index is 305. The number of hydrogen-bond donors (Lipinski definition) is 3. The first-order chi connectivity index (χ1) is 8.41. The van der Waals surface area contributed by atoms with Crippen molar-refractivity contribution in [2.75, 3.05) is 13.1 Å². The highest BCUT2D eigenvalue weighted by atomic mass is 16.4. The second-order valence-electron chi connectivity index (χ2n) is 5.57. The minimum Gasteiger partial charge on any atom is -0.481 e. The van der Waals surface area contributed by atoms with Gasteiger partial charge in [0.2, 0.25) is 5.91 Å². The minimum absolute atomic E-state index is 0.0149. The van der Waals surface area contributed by atoms with Crippen LogP contribution in [0.25, 0.3) is 0 Å². The molecule has 0 aromatic carbocycles. The van der Waals surface area contributed by atoms with Crippen molar-refractivity contribution in [3.8, 4) is 0 Å². The third-order valence-corrected chi connectivity index (χ3v) is 3.60. The van der Waals surface area contributed by atoms with Gasteiger partial charge in [0.05, 0.1) is 12.0 Å². The van der Waals surface area contributed by atoms with Gasteiger partial charge in [0, 0.05) is 6.54 Å². The van der Waals surface area contributed by atoms with Crippen LogP contribution in [0.15, 0.2) is 0 Å². The topological polar surface area (TPSA) is 78.4 Å². The first-order valence-electron chi connectivity index (χ1n) is 6.65. The third kappa shape index (κ3) is 4.29. The Morgan fingerprint density at radius 3 is 2.61 bits per heavy atom. The molecule has 0 aromatic heterocycles. The zero-order valence-corrected chi connectivity index (χ0v) is 11.4. The molecule has 1 rings (SSSR count). The van der Waals surface area contributed by atoms with E-state index in [2.05, 4.69) is 17.6 Å². The lowest BCUT2D eigenvalue weighted by molar-refractivity contribution is -0.143. The molecule has 0 radical (unpaired) electrons. The molecule has 1 fully saturated rings. The fourth-order valence-electron chi connectivity index (χ4n) is 2.25. The molecule has 104 valence electrons. The zero-order valence-electron chi connectivity index (χ0n) is 11.4. The molecule has 0 spiro atoms. The number of carboxylic acids is 1. The van der Waals surface area contributed by atoms with Crippen LogP contribution in [0.2, 0.25) is 0 Å². The second kappa shape index (κ2) is 6.73. The van der Waals surface area contributed by atoms with Crippen LogP contribution < -0.4 is 10.6 Å². The fourth-order valence-corrected chi connectivity index (χ4v) is 2.25. The van der Waals surface area contributed by atoms with Crippen LogP contribution in [0.3, 0.4) is 0 Å². The van der Waals surface area contributed by atoms with Crippen LogP contribution in [-0.4, -0.2) is 36.1 Å². The molecule has 0 aliphatic carbocycles. The van der Waals surface area contributed by atoms with Gasteiger partial charge in [-0.2, -0.15) is 0 Å². The summed E-state index contributed by atoms with van der Waals surface area (Å²) in [6.07, 6.45) is 1.92. The number of piperidine rings is 1. The van der Waals surface area contributed by atoms with Crippen molar-refractivity contribution in [1.29, 1.82) is 0 Å². The number of carboxylic acid groups (broad SMARTS) is 1. The van der Waals surface area contributed by atoms with E-state index < -0.39 is 11.9 Å². The van der Waals surface area contributed by atoms with E-state index in [1.54, 1.807) is 0 Å². The molecule has 0 bridgehead atoms. The van der Waals surface area contributed by atoms with E-state index in [-0.39, 0.29) is 24.4 Å². The zero-order chi connectivity index (χ0) is 13.7. The summed E-state index contributed by atoms with van der Waals surface area (Å²) in [6, 6.07) is -0.171. The van der Waals surface area contributed by atoms with Gasteiger partial charge < -0.3 is 15.7 Å². The molecular weight excluding hydrogens is 232 g/mol. The predicted octanol–water partition coefficient (Wildman–Crippen LogP) is 0.847. The maximum absolute atomic E-state index is 11.9. The minimum atomic E-state index is -0.852. The van der Waals surface area contributed by atoms with Gasteiger partial charge in [0.1, 0.15) is 0 Å². The van der Waals surface area contributed by atoms with Crippen molar-refractivity contribution in [2.45, 2.75) is 39.7 Å². The maximum Gasteiger partial charge on any atom is 0.308 e. The molecule has 5 heteroatoms. The Morgan fingerprint density at radius 2 is 2.11 bits per heavy atom. The first kappa shape index (κ1) is 15.0. The fraction of sp³-hybridized carbons (Fsp3) is 0.846. The highest BCUT2D eigenvalue weighted by molar-refractivity contribution is 5.82. The van der Waals surface area contributed by atoms with Gasteiger partial charge in [-0.05, 0) is 31.2 Å². The summed E-state index contributed by atoms with van der Waals surface area (Å²) in [5, 5.41) is 15.0. The van der Waals surface area contributed by atoms with E-state index in [9.17, 15) is 9.59 Å². The van der Waals surface area contributed by atoms with Gasteiger partial charge in [0.15, 0.2) is 0 Å². The Balaban J connectivity index is 2.42. The van der Waals surface area contributed by atoms with Crippen LogP contribution >= 0.6 is 0 Å². The Morgan fingerprint density at radius 1 is 1.44 bits per heavy atom. The standard InChI is InChI=1S/C13H24N2O3/c1-8(2)10(13(17)18)7-15-12(16)11-6-9(3)4-5-14-11/h8-11,14H,4-7H2,1-3H3,(H,15,16)(H,17,18). The Labute approximate surface area is 108 Å². The van der Waals surface area contributed by atoms with Crippen LogP contribution in [0.4, 0.5) is 0 Å². The number of nitrogens with one attached hydrogen (secondary N) is 2. The quantitative estimate of drug-likeness (QED) is 0.681. The number of aliphatic carboxylic acids is 1. The van der Waals surface area contributed by atoms with E-state index >= 15 is 0 Å². The number of carbonyl (C=O) groups is 2. The SMILES string of the molecule is CC1CCNC(C(=O)NCC(C(=O)O)C(C)C)C1. The molecule has 1 amide bonds. The molecule has 1 aliphatic rings. The van der Waals surface area contributed by atoms with Crippen molar-refractivity contribution in [2.24, 2.45) is 17.8 Å². The van der Waals surface area contributed by atoms with Crippen LogP contribution in [0.1, 0.15) is 33.6 Å². The molecule has 3 unspecified atom stereocenters. The number of amides is 1. The van der Waals surface area contributed by atoms with Crippen LogP contribution in [0.5, 0.6) is 0 Å². The Hall–Kier alpha value is -1.10. The van der Waals surface area contributed by atoms with E-state index in [0.29, 0.717) is 5.92 Å². The number of hydrogen-bond acceptors (Lipinski definition) is 3. The van der Waals surface area contributed by atoms with Gasteiger partial charge in [-0.3, -0.25) is 9.59 Å². The normalized spacial score (nSPS) is 25.8. The van der Waals surface area contributed by atoms with Gasteiger partial charge >= 0.3 is 5.97 Å². The van der Waals surface area contributed by atoms with Crippen molar-refractivity contribution >= 4 is 11.9 Å². The molecule has 1 saturated heterocycles. The molecule has 0 aromatic rings. The first-order valence-corrected chi connectivity index (χ1v) is 6.65. The molecule has 3 atom stereocenters. The summed E-state index contributed by atoms with van der Waals surface area (Å²) in [6.45, 7) is 6.90. The van der Waals surface area contributed by atoms with Crippen molar-refractivity contribution in [1.82, 2.24) is 10.6 Å². The van der Waals surface area contributed by atoms with Gasteiger partial charge in [-0.1, -0.05) is 20.8 Å². The lowest BCUT2D eigenvalue weighted by Crippen LogP contribution is -2.50. The van der Waals surface area contributed by atoms with Gasteiger partial charge in [-0.25, -0.2) is 0 Å². The lowest BCUT2D eigenvalue weighted by atomic mass is 9.93. The highest BCUT2D eigenvalue weighted by Crippen LogP contribution is 2.15. The molecule has 18 heavy (non-hydrogen) atoms. The van der Waals surface area contributed by atoms with Gasteiger partial charge in [-0.15, -0.1) is 0 Å². The van der Waals surface area contributed by atoms with E-state index in [4.69, 9.17) is 5.11 Å². The van der Waals surface area contributed by atoms with Crippen molar-refractivity contribution < 1.29 is 14.7 Å². The van der Waals surface area contributed by atoms with Crippen LogP contribution in [0, 0.1) is 17.8 Å². The number of rotatable bonds is 5. The summed E-state index contributed by atoms with van der Waals surface area (Å²) in [7, 11) is 0. The summed E-state index contributed by atoms with van der Waals surface area (Å²) >= 11 is 0. The Kier molecular flexibility index (Phi) is 5.59. The monoisotopic (exact) mass is 256 g/mol. The molecule has 1 aliphatic heterocycles.